The number of fused-ring (bicyclic) bond motifs is 1. The number of aryl methyl sites for hydroxylation is 2. The van der Waals surface area contributed by atoms with Gasteiger partial charge in [0, 0.05) is 37.2 Å². The van der Waals surface area contributed by atoms with E-state index in [9.17, 15) is 4.79 Å². The number of furan rings is 1. The van der Waals surface area contributed by atoms with Gasteiger partial charge in [0.1, 0.15) is 5.82 Å². The number of anilines is 1. The Morgan fingerprint density at radius 2 is 2.29 bits per heavy atom. The number of carbonyl (C=O) groups excluding carboxylic acids is 1. The molecule has 1 spiro atoms. The zero-order valence-electron chi connectivity index (χ0n) is 16.5. The van der Waals surface area contributed by atoms with Crippen LogP contribution in [0.1, 0.15) is 41.6 Å². The Morgan fingerprint density at radius 3 is 3.07 bits per heavy atom. The lowest BCUT2D eigenvalue weighted by molar-refractivity contribution is 0.0141. The molecule has 5 rings (SSSR count). The summed E-state index contributed by atoms with van der Waals surface area (Å²) in [5.74, 6) is 2.04. The SMILES string of the molecule is CCc1nc(N2C[C@@H]3[C@H](CNC(=O)c4ccco4)[C@H]4CC[C@]3(C2)O4)ccc1C. The smallest absolute Gasteiger partial charge is 0.286 e. The third kappa shape index (κ3) is 2.73. The highest BCUT2D eigenvalue weighted by Crippen LogP contribution is 2.55. The van der Waals surface area contributed by atoms with Crippen LogP contribution in [0.25, 0.3) is 0 Å². The van der Waals surface area contributed by atoms with Gasteiger partial charge in [0.15, 0.2) is 5.76 Å². The van der Waals surface area contributed by atoms with E-state index in [2.05, 4.69) is 36.2 Å². The van der Waals surface area contributed by atoms with Gasteiger partial charge in [-0.1, -0.05) is 13.0 Å². The standard InChI is InChI=1S/C22H27N3O3/c1-3-17-14(2)6-7-20(24-17)25-12-16-15(18-8-9-22(16,13-25)28-18)11-23-21(26)19-5-4-10-27-19/h4-7,10,15-16,18H,3,8-9,11-13H2,1-2H3,(H,23,26)/t15-,16+,18+,22+/m0/s1. The number of hydrogen-bond donors (Lipinski definition) is 1. The van der Waals surface area contributed by atoms with Crippen molar-refractivity contribution in [1.29, 1.82) is 0 Å². The zero-order valence-corrected chi connectivity index (χ0v) is 16.5. The average Bonchev–Trinajstić information content (AvgIpc) is 3.46. The average molecular weight is 381 g/mol. The number of ether oxygens (including phenoxy) is 1. The van der Waals surface area contributed by atoms with E-state index < -0.39 is 0 Å². The molecule has 3 fully saturated rings. The molecule has 1 amide bonds. The van der Waals surface area contributed by atoms with Gasteiger partial charge in [0.25, 0.3) is 5.91 Å². The summed E-state index contributed by atoms with van der Waals surface area (Å²) in [6.45, 7) is 6.74. The topological polar surface area (TPSA) is 67.6 Å². The molecule has 28 heavy (non-hydrogen) atoms. The number of pyridine rings is 1. The third-order valence-corrected chi connectivity index (χ3v) is 6.87. The van der Waals surface area contributed by atoms with Gasteiger partial charge in [-0.15, -0.1) is 0 Å². The molecule has 0 aliphatic carbocycles. The molecule has 0 aromatic carbocycles. The van der Waals surface area contributed by atoms with E-state index in [1.165, 1.54) is 17.5 Å². The summed E-state index contributed by atoms with van der Waals surface area (Å²) in [7, 11) is 0. The predicted octanol–water partition coefficient (Wildman–Crippen LogP) is 2.96. The first-order chi connectivity index (χ1) is 13.6. The maximum atomic E-state index is 12.3. The van der Waals surface area contributed by atoms with Gasteiger partial charge in [-0.05, 0) is 49.9 Å². The Balaban J connectivity index is 1.32. The molecule has 148 valence electrons. The van der Waals surface area contributed by atoms with Gasteiger partial charge in [0.05, 0.1) is 18.0 Å². The molecule has 0 unspecified atom stereocenters. The third-order valence-electron chi connectivity index (χ3n) is 6.87. The minimum absolute atomic E-state index is 0.0797. The Labute approximate surface area is 165 Å². The first kappa shape index (κ1) is 17.7. The predicted molar refractivity (Wildman–Crippen MR) is 105 cm³/mol. The van der Waals surface area contributed by atoms with Crippen LogP contribution in [0.15, 0.2) is 34.9 Å². The van der Waals surface area contributed by atoms with E-state index in [4.69, 9.17) is 14.1 Å². The van der Waals surface area contributed by atoms with E-state index in [-0.39, 0.29) is 17.6 Å². The molecule has 2 aromatic heterocycles. The van der Waals surface area contributed by atoms with Gasteiger partial charge < -0.3 is 19.4 Å². The fourth-order valence-electron chi connectivity index (χ4n) is 5.44. The van der Waals surface area contributed by atoms with Crippen molar-refractivity contribution < 1.29 is 13.9 Å². The van der Waals surface area contributed by atoms with Crippen LogP contribution >= 0.6 is 0 Å². The molecule has 3 aliphatic rings. The van der Waals surface area contributed by atoms with Crippen molar-refractivity contribution in [3.8, 4) is 0 Å². The molecule has 6 nitrogen and oxygen atoms in total. The van der Waals surface area contributed by atoms with Gasteiger partial charge in [0.2, 0.25) is 0 Å². The van der Waals surface area contributed by atoms with Crippen LogP contribution in [0, 0.1) is 18.8 Å². The van der Waals surface area contributed by atoms with Crippen molar-refractivity contribution in [3.05, 3.63) is 47.5 Å². The van der Waals surface area contributed by atoms with Crippen LogP contribution < -0.4 is 10.2 Å². The molecule has 2 bridgehead atoms. The number of carbonyl (C=O) groups is 1. The quantitative estimate of drug-likeness (QED) is 0.862. The maximum Gasteiger partial charge on any atom is 0.286 e. The molecule has 4 atom stereocenters. The number of nitrogens with one attached hydrogen (secondary N) is 1. The lowest BCUT2D eigenvalue weighted by Gasteiger charge is -2.29. The molecule has 3 saturated heterocycles. The van der Waals surface area contributed by atoms with Crippen molar-refractivity contribution in [1.82, 2.24) is 10.3 Å². The first-order valence-corrected chi connectivity index (χ1v) is 10.3. The van der Waals surface area contributed by atoms with E-state index in [1.54, 1.807) is 12.1 Å². The molecule has 2 aromatic rings. The van der Waals surface area contributed by atoms with Crippen LogP contribution in [-0.4, -0.2) is 42.2 Å². The monoisotopic (exact) mass is 381 g/mol. The van der Waals surface area contributed by atoms with Crippen LogP contribution in [0.3, 0.4) is 0 Å². The minimum atomic E-state index is -0.149. The Morgan fingerprint density at radius 1 is 1.39 bits per heavy atom. The Bertz CT molecular complexity index is 881. The van der Waals surface area contributed by atoms with Crippen molar-refractivity contribution in [2.45, 2.75) is 44.8 Å². The number of nitrogens with zero attached hydrogens (tertiary/aromatic N) is 2. The summed E-state index contributed by atoms with van der Waals surface area (Å²) >= 11 is 0. The van der Waals surface area contributed by atoms with Gasteiger partial charge >= 0.3 is 0 Å². The summed E-state index contributed by atoms with van der Waals surface area (Å²) in [6, 6.07) is 7.73. The van der Waals surface area contributed by atoms with Crippen molar-refractivity contribution in [2.24, 2.45) is 11.8 Å². The molecule has 0 radical (unpaired) electrons. The highest BCUT2D eigenvalue weighted by atomic mass is 16.5. The first-order valence-electron chi connectivity index (χ1n) is 10.3. The second kappa shape index (κ2) is 6.62. The van der Waals surface area contributed by atoms with Crippen LogP contribution in [0.4, 0.5) is 5.82 Å². The summed E-state index contributed by atoms with van der Waals surface area (Å²) in [4.78, 5) is 19.6. The highest BCUT2D eigenvalue weighted by Gasteiger charge is 2.63. The highest BCUT2D eigenvalue weighted by molar-refractivity contribution is 5.91. The Hall–Kier alpha value is -2.34. The van der Waals surface area contributed by atoms with E-state index in [0.717, 1.165) is 38.2 Å². The summed E-state index contributed by atoms with van der Waals surface area (Å²) in [6.07, 6.45) is 4.91. The van der Waals surface area contributed by atoms with E-state index >= 15 is 0 Å². The van der Waals surface area contributed by atoms with Crippen molar-refractivity contribution in [2.75, 3.05) is 24.5 Å². The van der Waals surface area contributed by atoms with E-state index in [0.29, 0.717) is 24.1 Å². The summed E-state index contributed by atoms with van der Waals surface area (Å²) in [5.41, 5.74) is 2.34. The molecular weight excluding hydrogens is 354 g/mol. The lowest BCUT2D eigenvalue weighted by atomic mass is 9.73. The Kier molecular flexibility index (Phi) is 4.19. The largest absolute Gasteiger partial charge is 0.459 e. The molecule has 1 N–H and O–H groups in total. The number of amides is 1. The lowest BCUT2D eigenvalue weighted by Crippen LogP contribution is -2.41. The summed E-state index contributed by atoms with van der Waals surface area (Å²) < 4.78 is 11.7. The minimum Gasteiger partial charge on any atom is -0.459 e. The van der Waals surface area contributed by atoms with Crippen LogP contribution in [0.2, 0.25) is 0 Å². The normalized spacial score (nSPS) is 30.6. The van der Waals surface area contributed by atoms with Crippen molar-refractivity contribution in [3.63, 3.8) is 0 Å². The molecule has 6 heteroatoms. The van der Waals surface area contributed by atoms with Gasteiger partial charge in [-0.3, -0.25) is 4.79 Å². The zero-order chi connectivity index (χ0) is 19.3. The number of hydrogen-bond acceptors (Lipinski definition) is 5. The molecular formula is C22H27N3O3. The summed E-state index contributed by atoms with van der Waals surface area (Å²) in [5, 5.41) is 3.05. The number of rotatable bonds is 5. The fourth-order valence-corrected chi connectivity index (χ4v) is 5.44. The van der Waals surface area contributed by atoms with Gasteiger partial charge in [-0.2, -0.15) is 0 Å². The second-order valence-electron chi connectivity index (χ2n) is 8.38. The van der Waals surface area contributed by atoms with E-state index in [1.807, 2.05) is 0 Å². The molecule has 3 aliphatic heterocycles. The second-order valence-corrected chi connectivity index (χ2v) is 8.38. The molecule has 5 heterocycles. The van der Waals surface area contributed by atoms with Crippen LogP contribution in [-0.2, 0) is 11.2 Å². The van der Waals surface area contributed by atoms with Crippen molar-refractivity contribution >= 4 is 11.7 Å². The fraction of sp³-hybridized carbons (Fsp3) is 0.545. The van der Waals surface area contributed by atoms with Gasteiger partial charge in [-0.25, -0.2) is 4.98 Å². The maximum absolute atomic E-state index is 12.3. The van der Waals surface area contributed by atoms with Crippen LogP contribution in [0.5, 0.6) is 0 Å². The molecule has 0 saturated carbocycles. The number of aromatic nitrogens is 1.